The number of amides is 1. The van der Waals surface area contributed by atoms with E-state index in [1.54, 1.807) is 24.3 Å². The second kappa shape index (κ2) is 8.16. The molecule has 0 fully saturated rings. The van der Waals surface area contributed by atoms with Crippen LogP contribution in [0.15, 0.2) is 24.3 Å². The molecule has 0 aliphatic carbocycles. The number of carboxylic acid groups (broad SMARTS) is 1. The van der Waals surface area contributed by atoms with Crippen molar-refractivity contribution in [1.82, 2.24) is 0 Å². The molecule has 110 valence electrons. The summed E-state index contributed by atoms with van der Waals surface area (Å²) in [6.07, 6.45) is 1.57. The van der Waals surface area contributed by atoms with Crippen molar-refractivity contribution in [2.24, 2.45) is 11.7 Å². The smallest absolute Gasteiger partial charge is 0.341 e. The normalized spacial score (nSPS) is 11.7. The van der Waals surface area contributed by atoms with Crippen molar-refractivity contribution in [1.29, 1.82) is 0 Å². The summed E-state index contributed by atoms with van der Waals surface area (Å²) in [5.41, 5.74) is 6.06. The first-order valence-corrected chi connectivity index (χ1v) is 6.48. The Morgan fingerprint density at radius 2 is 2.00 bits per heavy atom. The molecule has 0 aliphatic rings. The van der Waals surface area contributed by atoms with Crippen LogP contribution >= 0.6 is 0 Å². The minimum atomic E-state index is -1.03. The standard InChI is InChI=1S/C14H20N2O4/c1-10(3-2-8-15)14(19)16-11-4-6-12(7-5-11)20-9-13(17)18/h4-7,10H,2-3,8-9,15H2,1H3,(H,16,19)(H,17,18). The first kappa shape index (κ1) is 16.0. The summed E-state index contributed by atoms with van der Waals surface area (Å²) in [6.45, 7) is 2.05. The van der Waals surface area contributed by atoms with Crippen LogP contribution in [0.4, 0.5) is 5.69 Å². The van der Waals surface area contributed by atoms with E-state index in [9.17, 15) is 9.59 Å². The van der Waals surface area contributed by atoms with Gasteiger partial charge in [-0.05, 0) is 43.7 Å². The van der Waals surface area contributed by atoms with Crippen molar-refractivity contribution in [3.8, 4) is 5.75 Å². The van der Waals surface area contributed by atoms with E-state index in [1.807, 2.05) is 6.92 Å². The van der Waals surface area contributed by atoms with E-state index in [2.05, 4.69) is 5.32 Å². The molecule has 0 aromatic heterocycles. The molecular formula is C14H20N2O4. The molecular weight excluding hydrogens is 260 g/mol. The zero-order valence-electron chi connectivity index (χ0n) is 11.5. The van der Waals surface area contributed by atoms with Gasteiger partial charge in [-0.25, -0.2) is 4.79 Å². The average molecular weight is 280 g/mol. The monoisotopic (exact) mass is 280 g/mol. The number of hydrogen-bond donors (Lipinski definition) is 3. The number of anilines is 1. The van der Waals surface area contributed by atoms with Crippen molar-refractivity contribution in [2.45, 2.75) is 19.8 Å². The number of aliphatic carboxylic acids is 1. The molecule has 6 heteroatoms. The average Bonchev–Trinajstić information content (AvgIpc) is 2.43. The molecule has 0 radical (unpaired) electrons. The van der Waals surface area contributed by atoms with Crippen molar-refractivity contribution in [3.05, 3.63) is 24.3 Å². The van der Waals surface area contributed by atoms with E-state index in [-0.39, 0.29) is 18.4 Å². The maximum Gasteiger partial charge on any atom is 0.341 e. The second-order valence-electron chi connectivity index (χ2n) is 4.53. The lowest BCUT2D eigenvalue weighted by atomic mass is 10.0. The molecule has 1 aromatic rings. The van der Waals surface area contributed by atoms with Crippen molar-refractivity contribution in [3.63, 3.8) is 0 Å². The topological polar surface area (TPSA) is 102 Å². The zero-order valence-corrected chi connectivity index (χ0v) is 11.5. The molecule has 0 spiro atoms. The minimum absolute atomic E-state index is 0.0577. The maximum absolute atomic E-state index is 11.9. The van der Waals surface area contributed by atoms with Crippen LogP contribution in [0.2, 0.25) is 0 Å². The number of carbonyl (C=O) groups excluding carboxylic acids is 1. The lowest BCUT2D eigenvalue weighted by Gasteiger charge is -2.12. The number of carbonyl (C=O) groups is 2. The van der Waals surface area contributed by atoms with Gasteiger partial charge in [0, 0.05) is 11.6 Å². The zero-order chi connectivity index (χ0) is 15.0. The van der Waals surface area contributed by atoms with Gasteiger partial charge in [-0.1, -0.05) is 6.92 Å². The van der Waals surface area contributed by atoms with Gasteiger partial charge in [0.15, 0.2) is 6.61 Å². The van der Waals surface area contributed by atoms with Gasteiger partial charge in [0.05, 0.1) is 0 Å². The second-order valence-corrected chi connectivity index (χ2v) is 4.53. The Morgan fingerprint density at radius 1 is 1.35 bits per heavy atom. The number of carboxylic acids is 1. The first-order valence-electron chi connectivity index (χ1n) is 6.48. The first-order chi connectivity index (χ1) is 9.52. The van der Waals surface area contributed by atoms with Crippen LogP contribution in [0.5, 0.6) is 5.75 Å². The molecule has 4 N–H and O–H groups in total. The minimum Gasteiger partial charge on any atom is -0.482 e. The Kier molecular flexibility index (Phi) is 6.52. The summed E-state index contributed by atoms with van der Waals surface area (Å²) >= 11 is 0. The van der Waals surface area contributed by atoms with Crippen LogP contribution in [-0.4, -0.2) is 30.1 Å². The summed E-state index contributed by atoms with van der Waals surface area (Å²) in [5.74, 6) is -0.739. The molecule has 0 aliphatic heterocycles. The van der Waals surface area contributed by atoms with Gasteiger partial charge in [0.1, 0.15) is 5.75 Å². The fourth-order valence-corrected chi connectivity index (χ4v) is 1.60. The Hall–Kier alpha value is -2.08. The highest BCUT2D eigenvalue weighted by Crippen LogP contribution is 2.17. The van der Waals surface area contributed by atoms with E-state index in [1.165, 1.54) is 0 Å². The van der Waals surface area contributed by atoms with Crippen molar-refractivity contribution in [2.75, 3.05) is 18.5 Å². The maximum atomic E-state index is 11.9. The predicted molar refractivity (Wildman–Crippen MR) is 75.7 cm³/mol. The van der Waals surface area contributed by atoms with E-state index in [0.717, 1.165) is 12.8 Å². The van der Waals surface area contributed by atoms with Crippen molar-refractivity contribution < 1.29 is 19.4 Å². The molecule has 1 aromatic carbocycles. The van der Waals surface area contributed by atoms with Crippen LogP contribution in [0.3, 0.4) is 0 Å². The molecule has 1 unspecified atom stereocenters. The quantitative estimate of drug-likeness (QED) is 0.669. The van der Waals surface area contributed by atoms with Crippen LogP contribution in [0.1, 0.15) is 19.8 Å². The fraction of sp³-hybridized carbons (Fsp3) is 0.429. The summed E-state index contributed by atoms with van der Waals surface area (Å²) in [6, 6.07) is 6.57. The SMILES string of the molecule is CC(CCCN)C(=O)Nc1ccc(OCC(=O)O)cc1. The Labute approximate surface area is 117 Å². The molecule has 1 amide bonds. The number of nitrogens with two attached hydrogens (primary N) is 1. The largest absolute Gasteiger partial charge is 0.482 e. The van der Waals surface area contributed by atoms with Gasteiger partial charge in [-0.15, -0.1) is 0 Å². The lowest BCUT2D eigenvalue weighted by Crippen LogP contribution is -2.21. The number of benzene rings is 1. The predicted octanol–water partition coefficient (Wildman–Crippen LogP) is 1.46. The van der Waals surface area contributed by atoms with Gasteiger partial charge < -0.3 is 20.9 Å². The summed E-state index contributed by atoms with van der Waals surface area (Å²) in [7, 11) is 0. The number of nitrogens with one attached hydrogen (secondary N) is 1. The number of hydrogen-bond acceptors (Lipinski definition) is 4. The van der Waals surface area contributed by atoms with Crippen LogP contribution < -0.4 is 15.8 Å². The van der Waals surface area contributed by atoms with Gasteiger partial charge in [0.25, 0.3) is 0 Å². The van der Waals surface area contributed by atoms with E-state index in [4.69, 9.17) is 15.6 Å². The summed E-state index contributed by atoms with van der Waals surface area (Å²) in [5, 5.41) is 11.3. The highest BCUT2D eigenvalue weighted by molar-refractivity contribution is 5.92. The summed E-state index contributed by atoms with van der Waals surface area (Å²) < 4.78 is 5.00. The molecule has 0 bridgehead atoms. The lowest BCUT2D eigenvalue weighted by molar-refractivity contribution is -0.139. The third-order valence-electron chi connectivity index (χ3n) is 2.77. The molecule has 0 heterocycles. The Morgan fingerprint density at radius 3 is 2.55 bits per heavy atom. The fourth-order valence-electron chi connectivity index (χ4n) is 1.60. The molecule has 0 saturated carbocycles. The van der Waals surface area contributed by atoms with Crippen LogP contribution in [-0.2, 0) is 9.59 Å². The van der Waals surface area contributed by atoms with Gasteiger partial charge >= 0.3 is 5.97 Å². The number of rotatable bonds is 8. The summed E-state index contributed by atoms with van der Waals surface area (Å²) in [4.78, 5) is 22.2. The highest BCUT2D eigenvalue weighted by atomic mass is 16.5. The highest BCUT2D eigenvalue weighted by Gasteiger charge is 2.12. The third kappa shape index (κ3) is 5.71. The van der Waals surface area contributed by atoms with Gasteiger partial charge in [-0.2, -0.15) is 0 Å². The molecule has 1 atom stereocenters. The molecule has 0 saturated heterocycles. The molecule has 20 heavy (non-hydrogen) atoms. The molecule has 6 nitrogen and oxygen atoms in total. The van der Waals surface area contributed by atoms with E-state index in [0.29, 0.717) is 18.0 Å². The van der Waals surface area contributed by atoms with E-state index >= 15 is 0 Å². The third-order valence-corrected chi connectivity index (χ3v) is 2.77. The molecule has 1 rings (SSSR count). The van der Waals surface area contributed by atoms with Gasteiger partial charge in [-0.3, -0.25) is 4.79 Å². The van der Waals surface area contributed by atoms with Crippen LogP contribution in [0.25, 0.3) is 0 Å². The van der Waals surface area contributed by atoms with E-state index < -0.39 is 5.97 Å². The Balaban J connectivity index is 2.48. The van der Waals surface area contributed by atoms with Gasteiger partial charge in [0.2, 0.25) is 5.91 Å². The number of ether oxygens (including phenoxy) is 1. The Bertz CT molecular complexity index is 445. The van der Waals surface area contributed by atoms with Crippen molar-refractivity contribution >= 4 is 17.6 Å². The van der Waals surface area contributed by atoms with Crippen LogP contribution in [0, 0.1) is 5.92 Å².